The molecule has 0 radical (unpaired) electrons. The molecule has 0 spiro atoms. The lowest BCUT2D eigenvalue weighted by Crippen LogP contribution is -2.63. The first-order chi connectivity index (χ1) is 20.5. The lowest BCUT2D eigenvalue weighted by Gasteiger charge is -2.47. The van der Waals surface area contributed by atoms with E-state index in [0.717, 1.165) is 74.2 Å². The highest BCUT2D eigenvalue weighted by Gasteiger charge is 2.49. The Balaban J connectivity index is 1.19. The van der Waals surface area contributed by atoms with Crippen LogP contribution >= 0.6 is 11.6 Å². The van der Waals surface area contributed by atoms with Gasteiger partial charge >= 0.3 is 6.01 Å². The largest absolute Gasteiger partial charge is 0.461 e. The normalized spacial score (nSPS) is 24.3. The summed E-state index contributed by atoms with van der Waals surface area (Å²) in [6.45, 7) is 8.02. The number of aromatic nitrogens is 3. The second kappa shape index (κ2) is 10.2. The molecule has 4 fully saturated rings. The molecule has 2 aromatic heterocycles. The van der Waals surface area contributed by atoms with Gasteiger partial charge in [-0.3, -0.25) is 9.69 Å². The van der Waals surface area contributed by atoms with Gasteiger partial charge in [0, 0.05) is 18.7 Å². The van der Waals surface area contributed by atoms with E-state index in [4.69, 9.17) is 31.3 Å². The lowest BCUT2D eigenvalue weighted by atomic mass is 9.87. The van der Waals surface area contributed by atoms with Crippen molar-refractivity contribution in [3.05, 3.63) is 53.1 Å². The van der Waals surface area contributed by atoms with E-state index in [2.05, 4.69) is 34.6 Å². The summed E-state index contributed by atoms with van der Waals surface area (Å²) in [5, 5.41) is 1.44. The summed E-state index contributed by atoms with van der Waals surface area (Å²) in [7, 11) is 0. The number of anilines is 1. The van der Waals surface area contributed by atoms with Crippen LogP contribution in [0.3, 0.4) is 0 Å². The Labute approximate surface area is 251 Å². The highest BCUT2D eigenvalue weighted by atomic mass is 35.5. The van der Waals surface area contributed by atoms with Crippen molar-refractivity contribution in [3.63, 3.8) is 0 Å². The van der Waals surface area contributed by atoms with E-state index in [1.54, 1.807) is 0 Å². The van der Waals surface area contributed by atoms with Crippen molar-refractivity contribution in [2.75, 3.05) is 37.7 Å². The van der Waals surface area contributed by atoms with Crippen molar-refractivity contribution in [2.24, 2.45) is 0 Å². The molecular weight excluding hydrogens is 548 g/mol. The highest BCUT2D eigenvalue weighted by Crippen LogP contribution is 2.43. The second-order valence-corrected chi connectivity index (χ2v) is 13.1. The molecule has 0 saturated carbocycles. The number of carbonyl (C=O) groups excluding carboxylic acids is 1. The molecule has 9 heteroatoms. The van der Waals surface area contributed by atoms with Crippen LogP contribution in [0.15, 0.2) is 36.9 Å². The number of aryl methyl sites for hydroxylation is 1. The molecule has 42 heavy (non-hydrogen) atoms. The zero-order valence-electron chi connectivity index (χ0n) is 24.0. The van der Waals surface area contributed by atoms with Crippen LogP contribution in [0, 0.1) is 0 Å². The molecule has 0 unspecified atom stereocenters. The van der Waals surface area contributed by atoms with E-state index >= 15 is 0 Å². The molecule has 1 aliphatic carbocycles. The zero-order chi connectivity index (χ0) is 28.4. The van der Waals surface area contributed by atoms with Gasteiger partial charge in [0.2, 0.25) is 5.91 Å². The van der Waals surface area contributed by atoms with Gasteiger partial charge in [0.1, 0.15) is 12.4 Å². The Morgan fingerprint density at radius 3 is 2.74 bits per heavy atom. The molecule has 4 saturated heterocycles. The maximum atomic E-state index is 12.4. The van der Waals surface area contributed by atoms with E-state index in [0.29, 0.717) is 29.8 Å². The van der Waals surface area contributed by atoms with Crippen molar-refractivity contribution >= 4 is 34.4 Å². The molecule has 3 aromatic rings. The van der Waals surface area contributed by atoms with Gasteiger partial charge in [-0.05, 0) is 94.1 Å². The van der Waals surface area contributed by atoms with E-state index in [1.165, 1.54) is 42.9 Å². The smallest absolute Gasteiger partial charge is 0.320 e. The minimum Gasteiger partial charge on any atom is -0.461 e. The topological polar surface area (TPSA) is 74.7 Å². The van der Waals surface area contributed by atoms with E-state index in [1.807, 2.05) is 11.0 Å². The van der Waals surface area contributed by atoms with Crippen LogP contribution in [-0.2, 0) is 17.6 Å². The Morgan fingerprint density at radius 2 is 1.90 bits per heavy atom. The number of rotatable bonds is 6. The Hall–Kier alpha value is -3.23. The number of likely N-dealkylation sites (tertiary alicyclic amines) is 1. The molecule has 0 bridgehead atoms. The summed E-state index contributed by atoms with van der Waals surface area (Å²) >= 11 is 7.02. The number of amides is 1. The quantitative estimate of drug-likeness (QED) is 0.368. The number of benzene rings is 1. The fourth-order valence-electron chi connectivity index (χ4n) is 8.39. The van der Waals surface area contributed by atoms with Crippen molar-refractivity contribution in [2.45, 2.75) is 75.4 Å². The van der Waals surface area contributed by atoms with Crippen LogP contribution < -0.4 is 9.64 Å². The Bertz CT molecular complexity index is 1580. The third-order valence-corrected chi connectivity index (χ3v) is 10.8. The monoisotopic (exact) mass is 584 g/mol. The van der Waals surface area contributed by atoms with Gasteiger partial charge in [-0.15, -0.1) is 0 Å². The maximum Gasteiger partial charge on any atom is 0.320 e. The molecular formula is C33H37ClN6O2. The first kappa shape index (κ1) is 26.4. The standard InChI is InChI=1S/C33H37ClN6O2/c1-2-28(41)39-17-12-26-27(39)19-40(26)31-24-18-25(34)29(23-11-5-9-21-8-3-4-10-22(21)23)35-30(24)36-32(37-31)42-20-33-13-6-15-38(33)16-7-14-33/h2,5,9,11,18,26-27H,1,3-4,6-8,10,12-17,19-20H2/t26-,27-/m1/s1. The van der Waals surface area contributed by atoms with Gasteiger partial charge in [-0.25, -0.2) is 4.98 Å². The number of halogens is 1. The summed E-state index contributed by atoms with van der Waals surface area (Å²) in [6.07, 6.45) is 11.6. The van der Waals surface area contributed by atoms with E-state index in [-0.39, 0.29) is 23.5 Å². The molecule has 4 aliphatic heterocycles. The molecule has 1 amide bonds. The summed E-state index contributed by atoms with van der Waals surface area (Å²) in [5.74, 6) is 0.795. The number of ether oxygens (including phenoxy) is 1. The first-order valence-corrected chi connectivity index (χ1v) is 16.0. The molecule has 2 atom stereocenters. The van der Waals surface area contributed by atoms with E-state index in [9.17, 15) is 4.79 Å². The lowest BCUT2D eigenvalue weighted by molar-refractivity contribution is -0.127. The van der Waals surface area contributed by atoms with Crippen molar-refractivity contribution < 1.29 is 9.53 Å². The van der Waals surface area contributed by atoms with Gasteiger partial charge in [0.15, 0.2) is 5.65 Å². The van der Waals surface area contributed by atoms with Crippen LogP contribution in [0.2, 0.25) is 5.02 Å². The Morgan fingerprint density at radius 1 is 1.07 bits per heavy atom. The molecule has 8 rings (SSSR count). The van der Waals surface area contributed by atoms with Gasteiger partial charge < -0.3 is 14.5 Å². The average Bonchev–Trinajstić information content (AvgIpc) is 3.68. The number of nitrogens with zero attached hydrogens (tertiary/aromatic N) is 6. The fraction of sp³-hybridized carbons (Fsp3) is 0.515. The minimum absolute atomic E-state index is 0.00352. The Kier molecular flexibility index (Phi) is 6.41. The predicted octanol–water partition coefficient (Wildman–Crippen LogP) is 5.21. The fourth-order valence-corrected chi connectivity index (χ4v) is 8.64. The number of hydrogen-bond acceptors (Lipinski definition) is 7. The van der Waals surface area contributed by atoms with Gasteiger partial charge in [-0.2, -0.15) is 9.97 Å². The molecule has 1 aromatic carbocycles. The highest BCUT2D eigenvalue weighted by molar-refractivity contribution is 6.34. The molecule has 6 heterocycles. The number of carbonyl (C=O) groups is 1. The van der Waals surface area contributed by atoms with Crippen LogP contribution in [-0.4, -0.2) is 81.1 Å². The SMILES string of the molecule is C=CC(=O)N1CC[C@@H]2[C@H]1CN2c1nc(OCC23CCCN2CCC3)nc2nc(-c3cccc4c3CCCC4)c(Cl)cc12. The van der Waals surface area contributed by atoms with Crippen LogP contribution in [0.1, 0.15) is 56.1 Å². The number of fused-ring (bicyclic) bond motifs is 4. The number of hydrogen-bond donors (Lipinski definition) is 0. The predicted molar refractivity (Wildman–Crippen MR) is 164 cm³/mol. The summed E-state index contributed by atoms with van der Waals surface area (Å²) in [4.78, 5) is 34.3. The van der Waals surface area contributed by atoms with Gasteiger partial charge in [-0.1, -0.05) is 36.4 Å². The van der Waals surface area contributed by atoms with Gasteiger partial charge in [0.25, 0.3) is 0 Å². The summed E-state index contributed by atoms with van der Waals surface area (Å²) < 4.78 is 6.48. The third-order valence-electron chi connectivity index (χ3n) is 10.6. The van der Waals surface area contributed by atoms with Crippen molar-refractivity contribution in [1.29, 1.82) is 0 Å². The minimum atomic E-state index is -0.00352. The molecule has 8 nitrogen and oxygen atoms in total. The van der Waals surface area contributed by atoms with E-state index < -0.39 is 0 Å². The van der Waals surface area contributed by atoms with Gasteiger partial charge in [0.05, 0.1) is 33.7 Å². The first-order valence-electron chi connectivity index (χ1n) is 15.6. The third kappa shape index (κ3) is 4.13. The van der Waals surface area contributed by atoms with Crippen LogP contribution in [0.25, 0.3) is 22.3 Å². The van der Waals surface area contributed by atoms with Crippen LogP contribution in [0.5, 0.6) is 6.01 Å². The van der Waals surface area contributed by atoms with Crippen molar-refractivity contribution in [3.8, 4) is 17.3 Å². The summed E-state index contributed by atoms with van der Waals surface area (Å²) in [6, 6.07) is 9.21. The maximum absolute atomic E-state index is 12.4. The molecule has 5 aliphatic rings. The molecule has 218 valence electrons. The van der Waals surface area contributed by atoms with Crippen LogP contribution in [0.4, 0.5) is 5.82 Å². The average molecular weight is 585 g/mol. The zero-order valence-corrected chi connectivity index (χ0v) is 24.8. The number of pyridine rings is 1. The second-order valence-electron chi connectivity index (χ2n) is 12.7. The van der Waals surface area contributed by atoms with Crippen molar-refractivity contribution in [1.82, 2.24) is 24.8 Å². The molecule has 0 N–H and O–H groups in total. The summed E-state index contributed by atoms with van der Waals surface area (Å²) in [5.41, 5.74) is 5.34.